The van der Waals surface area contributed by atoms with Gasteiger partial charge in [0.2, 0.25) is 0 Å². The minimum atomic E-state index is -5.24. The van der Waals surface area contributed by atoms with Crippen LogP contribution >= 0.6 is 0 Å². The first kappa shape index (κ1) is 141. The normalized spacial score (nSPS) is 13.8. The fourth-order valence-electron chi connectivity index (χ4n) is 5.38. The lowest BCUT2D eigenvalue weighted by Gasteiger charge is -2.29. The number of hydrogen-bond acceptors (Lipinski definition) is 0. The molecule has 0 aromatic heterocycles. The third-order valence-electron chi connectivity index (χ3n) is 16.5. The highest BCUT2D eigenvalue weighted by Crippen LogP contribution is 2.49. The predicted molar refractivity (Wildman–Crippen MR) is 396 cm³/mol. The van der Waals surface area contributed by atoms with E-state index in [1.807, 2.05) is 27.7 Å². The third-order valence-corrected chi connectivity index (χ3v) is 16.5. The van der Waals surface area contributed by atoms with Gasteiger partial charge in [0.15, 0.2) is 11.3 Å². The van der Waals surface area contributed by atoms with Crippen LogP contribution in [-0.4, -0.2) is 74.1 Å². The quantitative estimate of drug-likeness (QED) is 0.0749. The van der Waals surface area contributed by atoms with Gasteiger partial charge < -0.3 is 0 Å². The summed E-state index contributed by atoms with van der Waals surface area (Å²) in [6, 6.07) is 0. The van der Waals surface area contributed by atoms with E-state index in [-0.39, 0.29) is 51.9 Å². The van der Waals surface area contributed by atoms with E-state index in [2.05, 4.69) is 104 Å². The van der Waals surface area contributed by atoms with Gasteiger partial charge in [0, 0.05) is 25.7 Å². The van der Waals surface area contributed by atoms with Crippen molar-refractivity contribution < 1.29 is 158 Å². The zero-order valence-corrected chi connectivity index (χ0v) is 73.9. The summed E-state index contributed by atoms with van der Waals surface area (Å²) in [4.78, 5) is 0. The molecule has 0 aliphatic heterocycles. The van der Waals surface area contributed by atoms with E-state index in [0.29, 0.717) is 42.9 Å². The SMILES string of the molecule is CC(C)(C(F)(F)F)C(F)(F)F.CC(C)(C)C(F)(F)F.CC(C)C(C)C.CCC(C)(C)C.CCC(C)(C)C.CCC(C)CC.CCCC(C(F)(F)F)C(F)(F)F.CCCCCC(F)(F)F.CCCCCCC(F)(F)F.CCCC[C@H](C)C(F)(F)F.CCC[C@H](C)C(F)(F)F.CCC[C@H](C)CC(F)(F)F.C[C@@H](CCC(F)(F)F)C(F)(F)F. The van der Waals surface area contributed by atoms with Gasteiger partial charge in [-0.2, -0.15) is 158 Å². The van der Waals surface area contributed by atoms with Gasteiger partial charge in [-0.3, -0.25) is 0 Å². The zero-order valence-electron chi connectivity index (χ0n) is 73.9. The lowest BCUT2D eigenvalue weighted by molar-refractivity contribution is -0.327. The molecule has 0 saturated heterocycles. The highest BCUT2D eigenvalue weighted by atomic mass is 19.5. The van der Waals surface area contributed by atoms with E-state index in [0.717, 1.165) is 77.6 Å². The molecule has 0 bridgehead atoms. The van der Waals surface area contributed by atoms with Crippen LogP contribution in [0.2, 0.25) is 0 Å². The standard InChI is InChI=1S/3C7H13F3.2C6H8F6.2C6H11F3.4C6H14.C5H6F6.C5H9F3/c1-3-4-6(2)5-7(8,9)10;1-3-4-5-6(2)7(8,9)10;1-2-3-4-5-6-7(8,9)10;1-4(6(10,11)12)2-3-5(7,8)9;1-2-3-4(5(7,8)9)6(10,11)12;1-3-4-5(2)6(7,8)9;1-2-3-4-5-6(7,8)9;2*1-5-6(2,3)4;1-5(2)6(3)4;1-4-6(3)5-2;1-3(2,4(6,7)8)5(9,10)11;1-4(2,3)5(6,7)8/h2*6H,3-5H2,1-2H3;2-6H2,1H3;2*4H,2-3H2,1H3;5H,3-4H2,1-2H3;2-5H2,1H3;2*5H2,1-4H3;5-6H,1-4H3;6H,4-5H2,1-3H3;1-2H3;1-3H3/t2*6-;;4-;;5-;;;;;;;/m00.0.0......./s1. The predicted octanol–water partition coefficient (Wildman–Crippen LogP) is 38.8. The smallest absolute Gasteiger partial charge is 0.171 e. The topological polar surface area (TPSA) is 0 Å². The van der Waals surface area contributed by atoms with Gasteiger partial charge in [-0.1, -0.05) is 290 Å². The van der Waals surface area contributed by atoms with Crippen molar-refractivity contribution in [3.05, 3.63) is 0 Å². The van der Waals surface area contributed by atoms with Crippen LogP contribution in [0.4, 0.5) is 158 Å². The fraction of sp³-hybridized carbons (Fsp3) is 1.00. The molecule has 0 saturated carbocycles. The van der Waals surface area contributed by atoms with Crippen molar-refractivity contribution in [1.82, 2.24) is 0 Å². The first-order chi connectivity index (χ1) is 50.2. The average Bonchev–Trinajstić information content (AvgIpc) is 0.792. The molecular weight excluding hydrogens is 1630 g/mol. The van der Waals surface area contributed by atoms with E-state index >= 15 is 0 Å². The molecule has 0 radical (unpaired) electrons. The molecule has 0 aromatic carbocycles. The van der Waals surface area contributed by atoms with Crippen molar-refractivity contribution in [3.8, 4) is 0 Å². The summed E-state index contributed by atoms with van der Waals surface area (Å²) >= 11 is 0. The van der Waals surface area contributed by atoms with E-state index in [4.69, 9.17) is 0 Å². The van der Waals surface area contributed by atoms with Crippen molar-refractivity contribution in [2.24, 2.45) is 69.0 Å². The average molecular weight is 1780 g/mol. The second-order valence-corrected chi connectivity index (χ2v) is 32.7. The summed E-state index contributed by atoms with van der Waals surface area (Å²) in [5, 5.41) is 0. The molecule has 0 aliphatic rings. The van der Waals surface area contributed by atoms with Crippen molar-refractivity contribution in [2.45, 2.75) is 442 Å². The second-order valence-electron chi connectivity index (χ2n) is 32.7. The third kappa shape index (κ3) is 120. The molecule has 0 rings (SSSR count). The largest absolute Gasteiger partial charge is 0.402 e. The molecule has 0 amide bonds. The van der Waals surface area contributed by atoms with E-state index in [1.165, 1.54) is 46.5 Å². The molecule has 716 valence electrons. The minimum absolute atomic E-state index is 0.104. The van der Waals surface area contributed by atoms with Crippen LogP contribution in [0.15, 0.2) is 0 Å². The van der Waals surface area contributed by atoms with Crippen LogP contribution in [0.5, 0.6) is 0 Å². The van der Waals surface area contributed by atoms with Crippen LogP contribution in [0, 0.1) is 69.0 Å². The molecule has 0 aliphatic carbocycles. The molecule has 36 heteroatoms. The van der Waals surface area contributed by atoms with Crippen LogP contribution < -0.4 is 0 Å². The summed E-state index contributed by atoms with van der Waals surface area (Å²) in [7, 11) is 0. The Bertz CT molecular complexity index is 1970. The van der Waals surface area contributed by atoms with E-state index in [9.17, 15) is 158 Å². The molecule has 0 heterocycles. The van der Waals surface area contributed by atoms with Gasteiger partial charge in [0.1, 0.15) is 0 Å². The Morgan fingerprint density at radius 2 is 0.470 bits per heavy atom. The maximum Gasteiger partial charge on any atom is 0.402 e. The summed E-state index contributed by atoms with van der Waals surface area (Å²) in [6.07, 6.45) is -45.0. The maximum atomic E-state index is 11.8. The van der Waals surface area contributed by atoms with E-state index < -0.39 is 147 Å². The van der Waals surface area contributed by atoms with Crippen LogP contribution in [-0.2, 0) is 0 Å². The molecule has 115 heavy (non-hydrogen) atoms. The van der Waals surface area contributed by atoms with Crippen molar-refractivity contribution in [3.63, 3.8) is 0 Å². The number of halogens is 36. The Balaban J connectivity index is -0.0000000896. The van der Waals surface area contributed by atoms with E-state index in [1.54, 1.807) is 13.8 Å². The molecule has 0 unspecified atom stereocenters. The monoisotopic (exact) mass is 1780 g/mol. The Labute approximate surface area is 667 Å². The summed E-state index contributed by atoms with van der Waals surface area (Å²) in [5.74, 6) is -4.91. The molecule has 0 aromatic rings. The fourth-order valence-corrected chi connectivity index (χ4v) is 5.38. The molecule has 4 atom stereocenters. The Kier molecular flexibility index (Phi) is 82.3. The zero-order chi connectivity index (χ0) is 96.3. The number of hydrogen-bond donors (Lipinski definition) is 0. The van der Waals surface area contributed by atoms with Crippen LogP contribution in [0.3, 0.4) is 0 Å². The lowest BCUT2D eigenvalue weighted by atomic mass is 9.92. The Hall–Kier alpha value is -2.52. The first-order valence-corrected chi connectivity index (χ1v) is 39.0. The van der Waals surface area contributed by atoms with Crippen molar-refractivity contribution in [2.75, 3.05) is 0 Å². The van der Waals surface area contributed by atoms with Crippen LogP contribution in [0.1, 0.15) is 368 Å². The Morgan fingerprint density at radius 1 is 0.226 bits per heavy atom. The molecule has 0 fully saturated rings. The van der Waals surface area contributed by atoms with Gasteiger partial charge in [-0.25, -0.2) is 0 Å². The molecule has 0 nitrogen and oxygen atoms in total. The highest BCUT2D eigenvalue weighted by molar-refractivity contribution is 4.84. The van der Waals surface area contributed by atoms with Gasteiger partial charge in [-0.15, -0.1) is 0 Å². The number of unbranched alkanes of at least 4 members (excludes halogenated alkanes) is 6. The molecule has 0 N–H and O–H groups in total. The Morgan fingerprint density at radius 3 is 0.617 bits per heavy atom. The van der Waals surface area contributed by atoms with Crippen LogP contribution in [0.25, 0.3) is 0 Å². The summed E-state index contributed by atoms with van der Waals surface area (Å²) < 4.78 is 417. The van der Waals surface area contributed by atoms with Gasteiger partial charge in [0.25, 0.3) is 0 Å². The van der Waals surface area contributed by atoms with Gasteiger partial charge in [-0.05, 0) is 86.9 Å². The van der Waals surface area contributed by atoms with Gasteiger partial charge >= 0.3 is 74.1 Å². The van der Waals surface area contributed by atoms with Crippen molar-refractivity contribution in [1.29, 1.82) is 0 Å². The lowest BCUT2D eigenvalue weighted by Crippen LogP contribution is -2.44. The first-order valence-electron chi connectivity index (χ1n) is 39.0. The maximum absolute atomic E-state index is 11.8. The summed E-state index contributed by atoms with van der Waals surface area (Å²) in [6.45, 7) is 52.7. The minimum Gasteiger partial charge on any atom is -0.171 e. The number of alkyl halides is 36. The number of rotatable bonds is 22. The summed E-state index contributed by atoms with van der Waals surface area (Å²) in [5.41, 5.74) is -4.10. The van der Waals surface area contributed by atoms with Crippen molar-refractivity contribution >= 4 is 0 Å². The highest BCUT2D eigenvalue weighted by Gasteiger charge is 2.64. The second kappa shape index (κ2) is 67.0. The molecule has 0 spiro atoms. The molecular formula is C79H148F36. The van der Waals surface area contributed by atoms with Gasteiger partial charge in [0.05, 0.1) is 23.2 Å².